The Bertz CT molecular complexity index is 821. The Morgan fingerprint density at radius 1 is 1.15 bits per heavy atom. The highest BCUT2D eigenvalue weighted by Gasteiger charge is 2.44. The van der Waals surface area contributed by atoms with Crippen molar-refractivity contribution in [2.45, 2.75) is 18.9 Å². The fourth-order valence-corrected chi connectivity index (χ4v) is 3.55. The van der Waals surface area contributed by atoms with Gasteiger partial charge in [-0.25, -0.2) is 0 Å². The van der Waals surface area contributed by atoms with Crippen LogP contribution in [0.3, 0.4) is 0 Å². The number of anilines is 1. The van der Waals surface area contributed by atoms with Crippen LogP contribution in [0.25, 0.3) is 0 Å². The van der Waals surface area contributed by atoms with Gasteiger partial charge in [0.2, 0.25) is 5.91 Å². The first-order chi connectivity index (χ1) is 12.6. The van der Waals surface area contributed by atoms with Crippen LogP contribution in [-0.4, -0.2) is 31.5 Å². The SMILES string of the molecule is CN1C(=O)[C@@H](NC(=O)C2C[C@H]2Cc2ccccc2)COc2ccccc21. The van der Waals surface area contributed by atoms with Gasteiger partial charge in [-0.05, 0) is 36.5 Å². The average molecular weight is 350 g/mol. The van der Waals surface area contributed by atoms with Crippen molar-refractivity contribution in [3.63, 3.8) is 0 Å². The molecule has 1 aliphatic heterocycles. The maximum absolute atomic E-state index is 12.7. The molecule has 2 aromatic carbocycles. The van der Waals surface area contributed by atoms with Crippen molar-refractivity contribution in [2.75, 3.05) is 18.6 Å². The molecule has 0 bridgehead atoms. The predicted octanol–water partition coefficient (Wildman–Crippen LogP) is 2.41. The second-order valence-electron chi connectivity index (χ2n) is 7.03. The number of likely N-dealkylation sites (N-methyl/N-ethyl adjacent to an activating group) is 1. The first kappa shape index (κ1) is 16.6. The van der Waals surface area contributed by atoms with Crippen molar-refractivity contribution >= 4 is 17.5 Å². The van der Waals surface area contributed by atoms with Gasteiger partial charge in [-0.2, -0.15) is 0 Å². The summed E-state index contributed by atoms with van der Waals surface area (Å²) in [5.74, 6) is 0.803. The van der Waals surface area contributed by atoms with E-state index in [0.717, 1.165) is 18.5 Å². The summed E-state index contributed by atoms with van der Waals surface area (Å²) < 4.78 is 5.75. The summed E-state index contributed by atoms with van der Waals surface area (Å²) in [6, 6.07) is 16.9. The number of nitrogens with one attached hydrogen (secondary N) is 1. The molecule has 1 unspecified atom stereocenters. The monoisotopic (exact) mass is 350 g/mol. The number of fused-ring (bicyclic) bond motifs is 1. The third kappa shape index (κ3) is 3.29. The lowest BCUT2D eigenvalue weighted by molar-refractivity contribution is -0.128. The van der Waals surface area contributed by atoms with Crippen LogP contribution in [0.5, 0.6) is 5.75 Å². The zero-order chi connectivity index (χ0) is 18.1. The fourth-order valence-electron chi connectivity index (χ4n) is 3.55. The van der Waals surface area contributed by atoms with Crippen LogP contribution >= 0.6 is 0 Å². The van der Waals surface area contributed by atoms with Gasteiger partial charge < -0.3 is 15.0 Å². The number of hydrogen-bond acceptors (Lipinski definition) is 3. The van der Waals surface area contributed by atoms with E-state index in [9.17, 15) is 9.59 Å². The number of nitrogens with zero attached hydrogens (tertiary/aromatic N) is 1. The lowest BCUT2D eigenvalue weighted by Crippen LogP contribution is -2.50. The van der Waals surface area contributed by atoms with Gasteiger partial charge in [0, 0.05) is 13.0 Å². The normalized spacial score (nSPS) is 24.3. The van der Waals surface area contributed by atoms with Crippen molar-refractivity contribution in [1.29, 1.82) is 0 Å². The Balaban J connectivity index is 1.37. The van der Waals surface area contributed by atoms with E-state index in [-0.39, 0.29) is 24.3 Å². The molecule has 1 saturated carbocycles. The highest BCUT2D eigenvalue weighted by atomic mass is 16.5. The minimum atomic E-state index is -0.655. The van der Waals surface area contributed by atoms with E-state index in [1.807, 2.05) is 42.5 Å². The molecule has 134 valence electrons. The number of amides is 2. The average Bonchev–Trinajstić information content (AvgIpc) is 3.44. The first-order valence-corrected chi connectivity index (χ1v) is 8.97. The summed E-state index contributed by atoms with van der Waals surface area (Å²) in [6.45, 7) is 0.155. The molecule has 2 aliphatic rings. The number of rotatable bonds is 4. The molecule has 0 radical (unpaired) electrons. The zero-order valence-electron chi connectivity index (χ0n) is 14.7. The van der Waals surface area contributed by atoms with Crippen LogP contribution in [0.1, 0.15) is 12.0 Å². The van der Waals surface area contributed by atoms with Crippen LogP contribution in [0, 0.1) is 11.8 Å². The number of benzene rings is 2. The molecule has 0 spiro atoms. The molecule has 26 heavy (non-hydrogen) atoms. The second kappa shape index (κ2) is 6.83. The number of carbonyl (C=O) groups is 2. The smallest absolute Gasteiger partial charge is 0.252 e. The molecule has 1 aliphatic carbocycles. The van der Waals surface area contributed by atoms with Gasteiger partial charge in [-0.15, -0.1) is 0 Å². The molecule has 0 saturated heterocycles. The predicted molar refractivity (Wildman–Crippen MR) is 99.0 cm³/mol. The molecule has 5 heteroatoms. The van der Waals surface area contributed by atoms with Gasteiger partial charge in [0.25, 0.3) is 5.91 Å². The third-order valence-corrected chi connectivity index (χ3v) is 5.18. The highest BCUT2D eigenvalue weighted by Crippen LogP contribution is 2.41. The molecular formula is C21H22N2O3. The third-order valence-electron chi connectivity index (χ3n) is 5.18. The maximum atomic E-state index is 12.7. The Morgan fingerprint density at radius 2 is 1.88 bits per heavy atom. The minimum absolute atomic E-state index is 0.0149. The van der Waals surface area contributed by atoms with E-state index < -0.39 is 6.04 Å². The minimum Gasteiger partial charge on any atom is -0.489 e. The summed E-state index contributed by atoms with van der Waals surface area (Å²) in [7, 11) is 1.71. The first-order valence-electron chi connectivity index (χ1n) is 8.97. The van der Waals surface area contributed by atoms with Crippen LogP contribution in [0.4, 0.5) is 5.69 Å². The lowest BCUT2D eigenvalue weighted by Gasteiger charge is -2.20. The van der Waals surface area contributed by atoms with Crippen LogP contribution in [0.15, 0.2) is 54.6 Å². The van der Waals surface area contributed by atoms with Crippen LogP contribution < -0.4 is 15.0 Å². The number of carbonyl (C=O) groups excluding carboxylic acids is 2. The van der Waals surface area contributed by atoms with Crippen molar-refractivity contribution in [3.8, 4) is 5.75 Å². The Kier molecular flexibility index (Phi) is 4.37. The van der Waals surface area contributed by atoms with Gasteiger partial charge >= 0.3 is 0 Å². The van der Waals surface area contributed by atoms with Crippen molar-refractivity contribution in [1.82, 2.24) is 5.32 Å². The highest BCUT2D eigenvalue weighted by molar-refractivity contribution is 6.01. The lowest BCUT2D eigenvalue weighted by atomic mass is 10.1. The van der Waals surface area contributed by atoms with E-state index in [1.54, 1.807) is 11.9 Å². The van der Waals surface area contributed by atoms with Gasteiger partial charge in [-0.3, -0.25) is 9.59 Å². The Morgan fingerprint density at radius 3 is 2.69 bits per heavy atom. The van der Waals surface area contributed by atoms with Crippen LogP contribution in [0.2, 0.25) is 0 Å². The van der Waals surface area contributed by atoms with Crippen molar-refractivity contribution < 1.29 is 14.3 Å². The molecular weight excluding hydrogens is 328 g/mol. The molecule has 1 heterocycles. The Labute approximate surface area is 153 Å². The number of ether oxygens (including phenoxy) is 1. The standard InChI is InChI=1S/C21H22N2O3/c1-23-18-9-5-6-10-19(18)26-13-17(21(23)25)22-20(24)16-12-15(16)11-14-7-3-2-4-8-14/h2-10,15-17H,11-13H2,1H3,(H,22,24)/t15-,16?,17+/m1/s1. The summed E-state index contributed by atoms with van der Waals surface area (Å²) >= 11 is 0. The summed E-state index contributed by atoms with van der Waals surface area (Å²) in [6.07, 6.45) is 1.78. The maximum Gasteiger partial charge on any atom is 0.252 e. The molecule has 2 aromatic rings. The molecule has 5 nitrogen and oxygen atoms in total. The topological polar surface area (TPSA) is 58.6 Å². The van der Waals surface area contributed by atoms with Gasteiger partial charge in [0.15, 0.2) is 0 Å². The van der Waals surface area contributed by atoms with E-state index in [2.05, 4.69) is 17.4 Å². The largest absolute Gasteiger partial charge is 0.489 e. The van der Waals surface area contributed by atoms with E-state index >= 15 is 0 Å². The van der Waals surface area contributed by atoms with Gasteiger partial charge in [0.1, 0.15) is 18.4 Å². The summed E-state index contributed by atoms with van der Waals surface area (Å²) in [4.78, 5) is 26.8. The number of para-hydroxylation sites is 2. The fraction of sp³-hybridized carbons (Fsp3) is 0.333. The molecule has 3 atom stereocenters. The quantitative estimate of drug-likeness (QED) is 0.921. The molecule has 0 aromatic heterocycles. The molecule has 1 fully saturated rings. The molecule has 1 N–H and O–H groups in total. The number of hydrogen-bond donors (Lipinski definition) is 1. The van der Waals surface area contributed by atoms with Gasteiger partial charge in [-0.1, -0.05) is 42.5 Å². The Hall–Kier alpha value is -2.82. The summed E-state index contributed by atoms with van der Waals surface area (Å²) in [5.41, 5.74) is 1.97. The van der Waals surface area contributed by atoms with Crippen molar-refractivity contribution in [3.05, 3.63) is 60.2 Å². The molecule has 4 rings (SSSR count). The molecule has 2 amide bonds. The summed E-state index contributed by atoms with van der Waals surface area (Å²) in [5, 5.41) is 2.90. The van der Waals surface area contributed by atoms with E-state index in [4.69, 9.17) is 4.74 Å². The van der Waals surface area contributed by atoms with Crippen LogP contribution in [-0.2, 0) is 16.0 Å². The van der Waals surface area contributed by atoms with Gasteiger partial charge in [0.05, 0.1) is 5.69 Å². The van der Waals surface area contributed by atoms with Crippen molar-refractivity contribution in [2.24, 2.45) is 11.8 Å². The van der Waals surface area contributed by atoms with E-state index in [1.165, 1.54) is 5.56 Å². The van der Waals surface area contributed by atoms with E-state index in [0.29, 0.717) is 11.7 Å². The zero-order valence-corrected chi connectivity index (χ0v) is 14.7. The second-order valence-corrected chi connectivity index (χ2v) is 7.03.